The van der Waals surface area contributed by atoms with Crippen molar-refractivity contribution in [3.8, 4) is 11.5 Å². The van der Waals surface area contributed by atoms with Gasteiger partial charge in [0, 0.05) is 20.0 Å². The van der Waals surface area contributed by atoms with Crippen LogP contribution in [0.15, 0.2) is 54.6 Å². The number of rotatable bonds is 8. The molecule has 3 amide bonds. The molecule has 0 spiro atoms. The second-order valence-electron chi connectivity index (χ2n) is 9.04. The quantitative estimate of drug-likeness (QED) is 0.606. The van der Waals surface area contributed by atoms with E-state index >= 15 is 0 Å². The molecule has 7 heteroatoms. The summed E-state index contributed by atoms with van der Waals surface area (Å²) in [4.78, 5) is 29.4. The number of likely N-dealkylation sites (tertiary alicyclic amines) is 1. The van der Waals surface area contributed by atoms with Crippen molar-refractivity contribution in [1.29, 1.82) is 0 Å². The Labute approximate surface area is 201 Å². The minimum atomic E-state index is -0.913. The van der Waals surface area contributed by atoms with Crippen molar-refractivity contribution in [1.82, 2.24) is 15.1 Å². The molecule has 2 aromatic rings. The molecule has 0 bridgehead atoms. The average molecular weight is 464 g/mol. The van der Waals surface area contributed by atoms with Crippen LogP contribution in [0.1, 0.15) is 24.0 Å². The third-order valence-electron chi connectivity index (χ3n) is 7.01. The van der Waals surface area contributed by atoms with Gasteiger partial charge in [-0.05, 0) is 67.2 Å². The maximum absolute atomic E-state index is 13.3. The van der Waals surface area contributed by atoms with Crippen LogP contribution in [0, 0.1) is 5.92 Å². The van der Waals surface area contributed by atoms with Gasteiger partial charge in [0.15, 0.2) is 0 Å². The zero-order valence-electron chi connectivity index (χ0n) is 20.1. The Kier molecular flexibility index (Phi) is 7.22. The highest BCUT2D eigenvalue weighted by atomic mass is 16.5. The van der Waals surface area contributed by atoms with Gasteiger partial charge in [-0.3, -0.25) is 14.6 Å². The van der Waals surface area contributed by atoms with E-state index in [9.17, 15) is 9.59 Å². The Morgan fingerprint density at radius 1 is 1.03 bits per heavy atom. The first kappa shape index (κ1) is 23.8. The second-order valence-corrected chi connectivity index (χ2v) is 9.04. The molecule has 2 fully saturated rings. The van der Waals surface area contributed by atoms with Crippen LogP contribution in [0.4, 0.5) is 4.79 Å². The summed E-state index contributed by atoms with van der Waals surface area (Å²) in [7, 11) is 4.85. The van der Waals surface area contributed by atoms with Gasteiger partial charge >= 0.3 is 6.03 Å². The fraction of sp³-hybridized carbons (Fsp3) is 0.407. The molecule has 4 rings (SSSR count). The van der Waals surface area contributed by atoms with Gasteiger partial charge in [-0.15, -0.1) is 0 Å². The molecule has 0 saturated carbocycles. The molecule has 2 saturated heterocycles. The number of hydrogen-bond donors (Lipinski definition) is 1. The van der Waals surface area contributed by atoms with Crippen LogP contribution in [-0.2, 0) is 11.2 Å². The van der Waals surface area contributed by atoms with Crippen LogP contribution in [0.5, 0.6) is 11.5 Å². The highest BCUT2D eigenvalue weighted by Gasteiger charge is 2.54. The minimum absolute atomic E-state index is 0.0712. The van der Waals surface area contributed by atoms with Crippen LogP contribution < -0.4 is 14.8 Å². The largest absolute Gasteiger partial charge is 0.497 e. The molecule has 34 heavy (non-hydrogen) atoms. The third kappa shape index (κ3) is 4.94. The molecular formula is C27H33N3O4. The Morgan fingerprint density at radius 3 is 2.35 bits per heavy atom. The number of carbonyl (C=O) groups excluding carboxylic acids is 2. The molecule has 0 aliphatic carbocycles. The fourth-order valence-corrected chi connectivity index (χ4v) is 5.03. The van der Waals surface area contributed by atoms with Gasteiger partial charge in [0.1, 0.15) is 17.0 Å². The number of imide groups is 1. The maximum Gasteiger partial charge on any atom is 0.324 e. The molecular weight excluding hydrogens is 430 g/mol. The molecule has 0 unspecified atom stereocenters. The van der Waals surface area contributed by atoms with E-state index in [1.165, 1.54) is 4.90 Å². The van der Waals surface area contributed by atoms with Crippen molar-refractivity contribution in [2.24, 2.45) is 5.92 Å². The summed E-state index contributed by atoms with van der Waals surface area (Å²) < 4.78 is 10.6. The van der Waals surface area contributed by atoms with Gasteiger partial charge in [0.25, 0.3) is 5.91 Å². The number of nitrogens with one attached hydrogen (secondary N) is 1. The number of urea groups is 1. The number of piperidine rings is 1. The monoisotopic (exact) mass is 463 g/mol. The van der Waals surface area contributed by atoms with Gasteiger partial charge in [-0.2, -0.15) is 0 Å². The number of methoxy groups -OCH3 is 2. The molecule has 180 valence electrons. The van der Waals surface area contributed by atoms with Crippen molar-refractivity contribution in [3.05, 3.63) is 65.7 Å². The van der Waals surface area contributed by atoms with E-state index in [-0.39, 0.29) is 17.9 Å². The summed E-state index contributed by atoms with van der Waals surface area (Å²) in [6.45, 7) is 2.61. The average Bonchev–Trinajstić information content (AvgIpc) is 3.09. The molecule has 1 atom stereocenters. The lowest BCUT2D eigenvalue weighted by atomic mass is 9.74. The number of nitrogens with zero attached hydrogens (tertiary/aromatic N) is 2. The van der Waals surface area contributed by atoms with Gasteiger partial charge in [0.2, 0.25) is 0 Å². The van der Waals surface area contributed by atoms with E-state index in [0.29, 0.717) is 6.42 Å². The fourth-order valence-electron chi connectivity index (χ4n) is 5.03. The Bertz CT molecular complexity index is 1040. The topological polar surface area (TPSA) is 71.1 Å². The zero-order valence-corrected chi connectivity index (χ0v) is 20.1. The first-order valence-corrected chi connectivity index (χ1v) is 11.7. The summed E-state index contributed by atoms with van der Waals surface area (Å²) in [5.41, 5.74) is 1.20. The van der Waals surface area contributed by atoms with Gasteiger partial charge in [0.05, 0.1) is 14.2 Å². The lowest BCUT2D eigenvalue weighted by Gasteiger charge is -2.40. The first-order valence-electron chi connectivity index (χ1n) is 11.7. The lowest BCUT2D eigenvalue weighted by molar-refractivity contribution is -0.133. The number of likely N-dealkylation sites (N-methyl/N-ethyl adjacent to an activating group) is 1. The Morgan fingerprint density at radius 2 is 1.74 bits per heavy atom. The van der Waals surface area contributed by atoms with Crippen molar-refractivity contribution in [2.45, 2.75) is 24.8 Å². The number of amides is 3. The molecule has 7 nitrogen and oxygen atoms in total. The molecule has 0 aromatic heterocycles. The van der Waals surface area contributed by atoms with E-state index in [1.54, 1.807) is 21.3 Å². The zero-order chi connectivity index (χ0) is 24.1. The summed E-state index contributed by atoms with van der Waals surface area (Å²) in [5.74, 6) is 1.53. The van der Waals surface area contributed by atoms with Crippen molar-refractivity contribution in [2.75, 3.05) is 40.9 Å². The smallest absolute Gasteiger partial charge is 0.324 e. The summed E-state index contributed by atoms with van der Waals surface area (Å²) >= 11 is 0. The van der Waals surface area contributed by atoms with Crippen LogP contribution in [0.25, 0.3) is 6.08 Å². The summed E-state index contributed by atoms with van der Waals surface area (Å²) in [6, 6.07) is 15.4. The Balaban J connectivity index is 1.42. The van der Waals surface area contributed by atoms with Crippen LogP contribution in [0.3, 0.4) is 0 Å². The maximum atomic E-state index is 13.3. The molecule has 0 radical (unpaired) electrons. The normalized spacial score (nSPS) is 21.8. The highest BCUT2D eigenvalue weighted by molar-refractivity contribution is 6.07. The molecule has 2 aliphatic heterocycles. The molecule has 2 heterocycles. The molecule has 2 aliphatic rings. The van der Waals surface area contributed by atoms with Gasteiger partial charge in [-0.1, -0.05) is 36.4 Å². The predicted molar refractivity (Wildman–Crippen MR) is 132 cm³/mol. The molecule has 2 aromatic carbocycles. The van der Waals surface area contributed by atoms with Crippen molar-refractivity contribution >= 4 is 18.0 Å². The van der Waals surface area contributed by atoms with Crippen molar-refractivity contribution in [3.63, 3.8) is 0 Å². The van der Waals surface area contributed by atoms with Crippen LogP contribution in [0.2, 0.25) is 0 Å². The van der Waals surface area contributed by atoms with E-state index < -0.39 is 5.54 Å². The number of hydrogen-bond acceptors (Lipinski definition) is 5. The van der Waals surface area contributed by atoms with Crippen LogP contribution >= 0.6 is 0 Å². The standard InChI is InChI=1S/C27H33N3O4/c1-29-25(31)27(28-26(29)32,19-21-6-4-8-24(18-21)34-3)22-13-16-30(17-14-22)15-5-7-20-9-11-23(33-2)12-10-20/h4-12,18,22H,13-17,19H2,1-3H3,(H,28,32)/b7-5+/t27-/m1/s1. The van der Waals surface area contributed by atoms with E-state index in [4.69, 9.17) is 9.47 Å². The summed E-state index contributed by atoms with van der Waals surface area (Å²) in [6.07, 6.45) is 6.44. The van der Waals surface area contributed by atoms with E-state index in [0.717, 1.165) is 55.1 Å². The lowest BCUT2D eigenvalue weighted by Crippen LogP contribution is -2.57. The van der Waals surface area contributed by atoms with E-state index in [1.807, 2.05) is 48.5 Å². The second kappa shape index (κ2) is 10.3. The van der Waals surface area contributed by atoms with Crippen molar-refractivity contribution < 1.29 is 19.1 Å². The summed E-state index contributed by atoms with van der Waals surface area (Å²) in [5, 5.41) is 3.07. The van der Waals surface area contributed by atoms with E-state index in [2.05, 4.69) is 22.4 Å². The third-order valence-corrected chi connectivity index (χ3v) is 7.01. The predicted octanol–water partition coefficient (Wildman–Crippen LogP) is 3.59. The number of carbonyl (C=O) groups is 2. The van der Waals surface area contributed by atoms with Crippen LogP contribution in [-0.4, -0.2) is 68.2 Å². The van der Waals surface area contributed by atoms with Gasteiger partial charge < -0.3 is 14.8 Å². The first-order chi connectivity index (χ1) is 16.4. The SMILES string of the molecule is COc1ccc(/C=C/CN2CCC([C@@]3(Cc4cccc(OC)c4)NC(=O)N(C)C3=O)CC2)cc1. The highest BCUT2D eigenvalue weighted by Crippen LogP contribution is 2.36. The minimum Gasteiger partial charge on any atom is -0.497 e. The number of ether oxygens (including phenoxy) is 2. The number of benzene rings is 2. The van der Waals surface area contributed by atoms with Gasteiger partial charge in [-0.25, -0.2) is 4.79 Å². The Hall–Kier alpha value is -3.32. The molecule has 1 N–H and O–H groups in total.